The van der Waals surface area contributed by atoms with Crippen LogP contribution in [0.2, 0.25) is 0 Å². The van der Waals surface area contributed by atoms with Gasteiger partial charge in [0.15, 0.2) is 0 Å². The summed E-state index contributed by atoms with van der Waals surface area (Å²) in [7, 11) is -3.43. The van der Waals surface area contributed by atoms with Crippen LogP contribution in [0.3, 0.4) is 0 Å². The minimum absolute atomic E-state index is 0.387. The number of hydrogen-bond acceptors (Lipinski definition) is 10. The second kappa shape index (κ2) is 9.72. The van der Waals surface area contributed by atoms with Crippen molar-refractivity contribution in [2.45, 2.75) is 0 Å². The zero-order valence-corrected chi connectivity index (χ0v) is 6.59. The van der Waals surface area contributed by atoms with Crippen molar-refractivity contribution in [1.82, 2.24) is 0 Å². The Morgan fingerprint density at radius 1 is 1.54 bits per heavy atom. The van der Waals surface area contributed by atoms with Crippen molar-refractivity contribution in [1.29, 1.82) is 1.12 Å². The number of rotatable bonds is 7. The molecular formula is CH4BNO9S. The van der Waals surface area contributed by atoms with Crippen LogP contribution in [-0.2, 0) is 39.1 Å². The van der Waals surface area contributed by atoms with E-state index in [1.54, 1.807) is 0 Å². The predicted octanol–water partition coefficient (Wildman–Crippen LogP) is -1.46. The monoisotopic (exact) mass is 218 g/mol. The molecule has 3 N–H and O–H groups in total. The van der Waals surface area contributed by atoms with Crippen molar-refractivity contribution < 1.29 is 44.3 Å². The molecule has 10 nitrogen and oxygen atoms in total. The van der Waals surface area contributed by atoms with Crippen LogP contribution in [0.4, 0.5) is 0 Å². The Morgan fingerprint density at radius 3 is 2.85 bits per heavy atom. The van der Waals surface area contributed by atoms with Gasteiger partial charge in [0.1, 0.15) is 0 Å². The van der Waals surface area contributed by atoms with Gasteiger partial charge >= 0.3 is 73.0 Å². The van der Waals surface area contributed by atoms with Gasteiger partial charge in [-0.05, 0) is 0 Å². The van der Waals surface area contributed by atoms with Crippen LogP contribution in [0, 0.1) is 0 Å². The molecule has 12 heteroatoms. The van der Waals surface area contributed by atoms with Crippen LogP contribution in [0.15, 0.2) is 0 Å². The third-order valence-electron chi connectivity index (χ3n) is 0.447. The molecule has 0 bridgehead atoms. The van der Waals surface area contributed by atoms with Gasteiger partial charge in [-0.2, -0.15) is 0 Å². The molecule has 1 atom stereocenters. The number of carbonyl (C=O) groups excluding carboxylic acids is 1. The van der Waals surface area contributed by atoms with Crippen molar-refractivity contribution in [2.24, 2.45) is 5.90 Å². The molecule has 0 aliphatic carbocycles. The first-order valence-corrected chi connectivity index (χ1v) is 3.51. The quantitative estimate of drug-likeness (QED) is 0.116. The number of nitrogens with two attached hydrogens (primary N) is 1. The molecule has 0 aromatic rings. The fourth-order valence-corrected chi connectivity index (χ4v) is 0.463. The molecule has 1 unspecified atom stereocenters. The molecule has 0 aromatic heterocycles. The molecular weight excluding hydrogens is 213 g/mol. The summed E-state index contributed by atoms with van der Waals surface area (Å²) < 4.78 is 10.9. The summed E-state index contributed by atoms with van der Waals surface area (Å²) in [5, 5.41) is 22.3. The normalized spacial score (nSPS) is 15.4. The summed E-state index contributed by atoms with van der Waals surface area (Å²) >= 11 is 0. The Hall–Kier alpha value is -0.365. The molecule has 0 amide bonds. The molecule has 0 aliphatic heterocycles. The first-order chi connectivity index (χ1) is 6.68. The van der Waals surface area contributed by atoms with E-state index in [1.165, 1.54) is 0 Å². The zero-order chi connectivity index (χ0) is 10.9. The van der Waals surface area contributed by atoms with Crippen LogP contribution in [0.25, 0.3) is 0 Å². The molecule has 0 aliphatic rings. The fourth-order valence-electron chi connectivity index (χ4n) is 0.176. The predicted molar refractivity (Wildman–Crippen MR) is 34.8 cm³/mol. The third kappa shape index (κ3) is 7.98. The van der Waals surface area contributed by atoms with Gasteiger partial charge in [-0.25, -0.2) is 0 Å². The first-order valence-electron chi connectivity index (χ1n) is 2.71. The molecule has 13 heavy (non-hydrogen) atoms. The van der Waals surface area contributed by atoms with E-state index in [0.29, 0.717) is 6.36 Å². The van der Waals surface area contributed by atoms with Crippen LogP contribution < -0.4 is 5.90 Å². The van der Waals surface area contributed by atoms with E-state index in [-0.39, 0.29) is 0 Å². The number of hydrogen-bond donors (Lipinski definition) is 3. The second-order valence-corrected chi connectivity index (χ2v) is 2.11. The Labute approximate surface area is 74.0 Å². The Morgan fingerprint density at radius 2 is 2.31 bits per heavy atom. The molecule has 0 saturated heterocycles. The summed E-state index contributed by atoms with van der Waals surface area (Å²) in [5.74, 6) is 4.32. The molecule has 0 fully saturated rings. The minimum atomic E-state index is -3.43. The summed E-state index contributed by atoms with van der Waals surface area (Å²) in [5.41, 5.74) is 0. The average Bonchev–Trinajstić information content (AvgIpc) is 2.22. The number of thiol groups is 1. The Kier molecular flexibility index (Phi) is 8.01. The first kappa shape index (κ1) is 10.7. The van der Waals surface area contributed by atoms with Crippen LogP contribution >= 0.6 is 10.1 Å². The SMILES string of the molecule is [2H]S(=BOOOON)(=C=O)OOOO. The zero-order valence-electron chi connectivity index (χ0n) is 6.78. The van der Waals surface area contributed by atoms with Crippen LogP contribution in [0.5, 0.6) is 0 Å². The Bertz CT molecular complexity index is 281. The topological polar surface area (TPSA) is 128 Å². The third-order valence-corrected chi connectivity index (χ3v) is 1.07. The van der Waals surface area contributed by atoms with Crippen LogP contribution in [0.1, 0.15) is 0 Å². The molecule has 0 heterocycles. The molecule has 0 rings (SSSR count). The molecule has 0 saturated carbocycles. The molecule has 0 radical (unpaired) electrons. The van der Waals surface area contributed by atoms with Crippen LogP contribution in [-0.4, -0.2) is 18.0 Å². The molecule has 0 spiro atoms. The standard InChI is InChI=1S/CH4BNO9S/c3-7-10-9-6-2-13(1-4)12-11-8-5/h5,13H,3H2/i13D. The van der Waals surface area contributed by atoms with Crippen molar-refractivity contribution in [3.8, 4) is 0 Å². The van der Waals surface area contributed by atoms with Gasteiger partial charge in [0.2, 0.25) is 0 Å². The van der Waals surface area contributed by atoms with Gasteiger partial charge in [-0.3, -0.25) is 0 Å². The van der Waals surface area contributed by atoms with E-state index in [9.17, 15) is 4.79 Å². The van der Waals surface area contributed by atoms with E-state index in [2.05, 4.69) is 40.2 Å². The van der Waals surface area contributed by atoms with Gasteiger partial charge in [-0.15, -0.1) is 0 Å². The van der Waals surface area contributed by atoms with Crippen molar-refractivity contribution in [2.75, 3.05) is 0 Å². The van der Waals surface area contributed by atoms with Crippen molar-refractivity contribution in [3.63, 3.8) is 0 Å². The average molecular weight is 218 g/mol. The maximum atomic E-state index is 10.1. The van der Waals surface area contributed by atoms with Gasteiger partial charge in [0.05, 0.1) is 0 Å². The molecule has 76 valence electrons. The van der Waals surface area contributed by atoms with E-state index in [4.69, 9.17) is 6.38 Å². The maximum absolute atomic E-state index is 10.1. The van der Waals surface area contributed by atoms with Gasteiger partial charge in [0.25, 0.3) is 0 Å². The summed E-state index contributed by atoms with van der Waals surface area (Å²) in [6.07, 6.45) is 0.387. The second-order valence-electron chi connectivity index (χ2n) is 1.02. The fraction of sp³-hybridized carbons (Fsp3) is 0. The van der Waals surface area contributed by atoms with Crippen molar-refractivity contribution >= 4 is 21.7 Å². The van der Waals surface area contributed by atoms with Gasteiger partial charge in [-0.1, -0.05) is 0 Å². The van der Waals surface area contributed by atoms with E-state index in [0.717, 1.165) is 5.23 Å². The van der Waals surface area contributed by atoms with Crippen molar-refractivity contribution in [3.05, 3.63) is 0 Å². The molecule has 0 aromatic carbocycles. The van der Waals surface area contributed by atoms with Gasteiger partial charge in [0, 0.05) is 0 Å². The Balaban J connectivity index is 4.16. The van der Waals surface area contributed by atoms with E-state index >= 15 is 0 Å². The summed E-state index contributed by atoms with van der Waals surface area (Å²) in [6.45, 7) is 0. The van der Waals surface area contributed by atoms with Gasteiger partial charge < -0.3 is 0 Å². The summed E-state index contributed by atoms with van der Waals surface area (Å²) in [4.78, 5) is 17.5. The van der Waals surface area contributed by atoms with E-state index < -0.39 is 10.1 Å². The van der Waals surface area contributed by atoms with E-state index in [1.807, 2.05) is 0 Å². The summed E-state index contributed by atoms with van der Waals surface area (Å²) in [6, 6.07) is 0.